The van der Waals surface area contributed by atoms with Gasteiger partial charge in [-0.2, -0.15) is 0 Å². The van der Waals surface area contributed by atoms with Crippen LogP contribution in [0.1, 0.15) is 0 Å². The molecule has 0 spiro atoms. The summed E-state index contributed by atoms with van der Waals surface area (Å²) in [5.74, 6) is -1.15. The average molecular weight is 293 g/mol. The van der Waals surface area contributed by atoms with Crippen LogP contribution in [-0.4, -0.2) is 56.8 Å². The molecule has 3 aliphatic heterocycles. The maximum Gasteiger partial charge on any atom is 0.352 e. The van der Waals surface area contributed by atoms with Crippen molar-refractivity contribution in [3.63, 3.8) is 0 Å². The summed E-state index contributed by atoms with van der Waals surface area (Å²) >= 11 is 1.53. The maximum absolute atomic E-state index is 12.2. The van der Waals surface area contributed by atoms with Crippen molar-refractivity contribution in [2.75, 3.05) is 12.3 Å². The number of nitrogens with zero attached hydrogens (tertiary/aromatic N) is 3. The van der Waals surface area contributed by atoms with Gasteiger partial charge >= 0.3 is 5.97 Å². The molecular weight excluding hydrogens is 280 g/mol. The van der Waals surface area contributed by atoms with Gasteiger partial charge in [0.05, 0.1) is 11.5 Å². The van der Waals surface area contributed by atoms with Gasteiger partial charge in [-0.3, -0.25) is 9.69 Å². The van der Waals surface area contributed by atoms with Crippen molar-refractivity contribution in [1.29, 1.82) is 0 Å². The summed E-state index contributed by atoms with van der Waals surface area (Å²) in [7, 11) is 0. The fourth-order valence-electron chi connectivity index (χ4n) is 2.51. The SMILES string of the molecule is NC(C1C(=O)N2C(C(=O)O)=CCS[C@@H]12)N1C=[C+]N=CC1. The molecule has 1 fully saturated rings. The normalized spacial score (nSPS) is 29.2. The van der Waals surface area contributed by atoms with Crippen LogP contribution in [-0.2, 0) is 9.59 Å². The molecule has 3 atom stereocenters. The molecule has 7 nitrogen and oxygen atoms in total. The number of nitrogens with two attached hydrogens (primary N) is 1. The highest BCUT2D eigenvalue weighted by Gasteiger charge is 2.55. The van der Waals surface area contributed by atoms with Gasteiger partial charge in [0.15, 0.2) is 12.4 Å². The number of fused-ring (bicyclic) bond motifs is 1. The molecule has 0 aromatic carbocycles. The minimum Gasteiger partial charge on any atom is -0.477 e. The predicted molar refractivity (Wildman–Crippen MR) is 73.3 cm³/mol. The Kier molecular flexibility index (Phi) is 3.21. The van der Waals surface area contributed by atoms with Crippen molar-refractivity contribution in [2.24, 2.45) is 16.6 Å². The molecule has 1 amide bonds. The Balaban J connectivity index is 1.76. The number of amides is 1. The van der Waals surface area contributed by atoms with E-state index in [4.69, 9.17) is 10.8 Å². The Morgan fingerprint density at radius 1 is 1.65 bits per heavy atom. The summed E-state index contributed by atoms with van der Waals surface area (Å²) in [6.07, 6.45) is 7.04. The third-order valence-electron chi connectivity index (χ3n) is 3.54. The van der Waals surface area contributed by atoms with Crippen LogP contribution in [0.2, 0.25) is 0 Å². The number of aliphatic imine (C=N–C) groups is 1. The Bertz CT molecular complexity index is 545. The first-order valence-corrected chi connectivity index (χ1v) is 7.16. The number of hydrogen-bond acceptors (Lipinski definition) is 6. The molecule has 0 aromatic heterocycles. The zero-order valence-corrected chi connectivity index (χ0v) is 11.3. The van der Waals surface area contributed by atoms with Gasteiger partial charge in [0, 0.05) is 5.75 Å². The number of thioether (sulfide) groups is 1. The molecule has 0 bridgehead atoms. The number of carboxylic acids is 1. The molecule has 3 heterocycles. The Morgan fingerprint density at radius 2 is 2.45 bits per heavy atom. The summed E-state index contributed by atoms with van der Waals surface area (Å²) in [4.78, 5) is 30.3. The third kappa shape index (κ3) is 1.89. The first-order valence-electron chi connectivity index (χ1n) is 6.11. The number of hydrogen-bond donors (Lipinski definition) is 2. The molecule has 3 rings (SSSR count). The van der Waals surface area contributed by atoms with Gasteiger partial charge in [-0.25, -0.2) is 4.79 Å². The van der Waals surface area contributed by atoms with E-state index in [1.807, 2.05) is 0 Å². The molecule has 0 aliphatic carbocycles. The maximum atomic E-state index is 12.2. The van der Waals surface area contributed by atoms with E-state index in [0.29, 0.717) is 12.3 Å². The summed E-state index contributed by atoms with van der Waals surface area (Å²) in [5.41, 5.74) is 6.20. The first-order chi connectivity index (χ1) is 9.61. The number of aliphatic carboxylic acids is 1. The Morgan fingerprint density at radius 3 is 3.10 bits per heavy atom. The van der Waals surface area contributed by atoms with Crippen LogP contribution in [0.3, 0.4) is 0 Å². The van der Waals surface area contributed by atoms with Crippen LogP contribution < -0.4 is 5.73 Å². The summed E-state index contributed by atoms with van der Waals surface area (Å²) < 4.78 is 0. The molecular formula is C12H13N4O3S+. The van der Waals surface area contributed by atoms with Crippen molar-refractivity contribution in [3.05, 3.63) is 24.2 Å². The molecule has 8 heteroatoms. The van der Waals surface area contributed by atoms with Gasteiger partial charge in [-0.05, 0) is 11.1 Å². The lowest BCUT2D eigenvalue weighted by Gasteiger charge is -2.51. The third-order valence-corrected chi connectivity index (χ3v) is 4.74. The van der Waals surface area contributed by atoms with Crippen molar-refractivity contribution < 1.29 is 14.7 Å². The average Bonchev–Trinajstić information content (AvgIpc) is 2.46. The van der Waals surface area contributed by atoms with Gasteiger partial charge < -0.3 is 15.7 Å². The van der Waals surface area contributed by atoms with E-state index >= 15 is 0 Å². The Hall–Kier alpha value is -1.89. The number of β-lactam (4-membered cyclic amide) rings is 1. The molecule has 3 N–H and O–H groups in total. The molecule has 0 saturated carbocycles. The van der Waals surface area contributed by atoms with Gasteiger partial charge in [-0.1, -0.05) is 0 Å². The number of carbonyl (C=O) groups excluding carboxylic acids is 1. The lowest BCUT2D eigenvalue weighted by Crippen LogP contribution is -2.68. The zero-order chi connectivity index (χ0) is 14.3. The standard InChI is InChI=1S/C12H12N4O3S/c13-9(15-4-2-14-3-5-15)8-10(17)16-7(12(18)19)1-6-20-11(8)16/h1-2,5,8-9,11H,4,6,13H2/p+1/t8?,9?,11-/m0/s1. The van der Waals surface area contributed by atoms with Crippen LogP contribution in [0.15, 0.2) is 23.0 Å². The number of rotatable bonds is 3. The fraction of sp³-hybridized carbons (Fsp3) is 0.417. The van der Waals surface area contributed by atoms with Gasteiger partial charge in [0.2, 0.25) is 12.1 Å². The van der Waals surface area contributed by atoms with E-state index in [0.717, 1.165) is 0 Å². The number of carboxylic acid groups (broad SMARTS) is 1. The van der Waals surface area contributed by atoms with E-state index in [1.54, 1.807) is 23.4 Å². The van der Waals surface area contributed by atoms with E-state index in [2.05, 4.69) is 11.2 Å². The van der Waals surface area contributed by atoms with Crippen LogP contribution in [0.4, 0.5) is 0 Å². The topological polar surface area (TPSA) is 99.2 Å². The molecule has 3 aliphatic rings. The second-order valence-electron chi connectivity index (χ2n) is 4.61. The Labute approximate surface area is 119 Å². The molecule has 104 valence electrons. The predicted octanol–water partition coefficient (Wildman–Crippen LogP) is -0.568. The molecule has 2 unspecified atom stereocenters. The smallest absolute Gasteiger partial charge is 0.352 e. The highest BCUT2D eigenvalue weighted by molar-refractivity contribution is 8.00. The molecule has 20 heavy (non-hydrogen) atoms. The lowest BCUT2D eigenvalue weighted by atomic mass is 9.92. The molecule has 0 radical (unpaired) electrons. The minimum absolute atomic E-state index is 0.0597. The van der Waals surface area contributed by atoms with Crippen LogP contribution in [0, 0.1) is 12.1 Å². The second kappa shape index (κ2) is 4.90. The van der Waals surface area contributed by atoms with Crippen molar-refractivity contribution in [1.82, 2.24) is 9.80 Å². The quantitative estimate of drug-likeness (QED) is 0.534. The van der Waals surface area contributed by atoms with Crippen molar-refractivity contribution in [2.45, 2.75) is 11.5 Å². The minimum atomic E-state index is -1.07. The number of carbonyl (C=O) groups is 2. The van der Waals surface area contributed by atoms with Crippen molar-refractivity contribution in [3.8, 4) is 0 Å². The first kappa shape index (κ1) is 13.1. The van der Waals surface area contributed by atoms with Gasteiger partial charge in [0.1, 0.15) is 18.2 Å². The highest BCUT2D eigenvalue weighted by atomic mass is 32.2. The van der Waals surface area contributed by atoms with E-state index in [9.17, 15) is 9.59 Å². The van der Waals surface area contributed by atoms with Crippen molar-refractivity contribution >= 4 is 29.9 Å². The molecule has 1 saturated heterocycles. The van der Waals surface area contributed by atoms with Crippen LogP contribution in [0.25, 0.3) is 0 Å². The summed E-state index contributed by atoms with van der Waals surface area (Å²) in [6, 6.07) is 0. The zero-order valence-electron chi connectivity index (χ0n) is 10.5. The van der Waals surface area contributed by atoms with Crippen LogP contribution >= 0.6 is 11.8 Å². The van der Waals surface area contributed by atoms with Crippen LogP contribution in [0.5, 0.6) is 0 Å². The van der Waals surface area contributed by atoms with Gasteiger partial charge in [0.25, 0.3) is 0 Å². The highest BCUT2D eigenvalue weighted by Crippen LogP contribution is 2.43. The van der Waals surface area contributed by atoms with E-state index in [-0.39, 0.29) is 17.0 Å². The van der Waals surface area contributed by atoms with E-state index in [1.165, 1.54) is 16.7 Å². The monoisotopic (exact) mass is 293 g/mol. The summed E-state index contributed by atoms with van der Waals surface area (Å²) in [6.45, 7) is 0.525. The largest absolute Gasteiger partial charge is 0.477 e. The van der Waals surface area contributed by atoms with E-state index < -0.39 is 18.1 Å². The lowest BCUT2D eigenvalue weighted by molar-refractivity contribution is -0.155. The van der Waals surface area contributed by atoms with Gasteiger partial charge in [-0.15, -0.1) is 11.8 Å². The summed E-state index contributed by atoms with van der Waals surface area (Å²) in [5, 5.41) is 8.90. The fourth-order valence-corrected chi connectivity index (χ4v) is 3.81. The molecule has 0 aromatic rings. The second-order valence-corrected chi connectivity index (χ2v) is 5.76.